The topological polar surface area (TPSA) is 19.4 Å². The Labute approximate surface area is 182 Å². The smallest absolute Gasteiger partial charge is 0.132 e. The third kappa shape index (κ3) is 4.24. The van der Waals surface area contributed by atoms with E-state index in [4.69, 9.17) is 4.98 Å². The lowest BCUT2D eigenvalue weighted by atomic mass is 9.96. The molecule has 3 nitrogen and oxygen atoms in total. The molecule has 0 bridgehead atoms. The average molecular weight is 450 g/mol. The first kappa shape index (κ1) is 20.1. The van der Waals surface area contributed by atoms with Crippen LogP contribution >= 0.6 is 15.9 Å². The normalized spacial score (nSPS) is 20.6. The molecule has 0 unspecified atom stereocenters. The van der Waals surface area contributed by atoms with Crippen LogP contribution in [0.3, 0.4) is 0 Å². The fraction of sp³-hybridized carbons (Fsp3) is 0.320. The summed E-state index contributed by atoms with van der Waals surface area (Å²) in [5, 5.41) is 0. The molecular formula is C25H28BrN3. The van der Waals surface area contributed by atoms with Crippen molar-refractivity contribution in [3.05, 3.63) is 87.7 Å². The maximum Gasteiger partial charge on any atom is 0.132 e. The van der Waals surface area contributed by atoms with Gasteiger partial charge < -0.3 is 4.90 Å². The largest absolute Gasteiger partial charge is 0.329 e. The van der Waals surface area contributed by atoms with Gasteiger partial charge in [0, 0.05) is 35.0 Å². The van der Waals surface area contributed by atoms with Crippen LogP contribution in [-0.2, 0) is 0 Å². The van der Waals surface area contributed by atoms with E-state index in [0.717, 1.165) is 22.4 Å². The highest BCUT2D eigenvalue weighted by molar-refractivity contribution is 9.10. The summed E-state index contributed by atoms with van der Waals surface area (Å²) in [6.07, 6.45) is 11.1. The molecule has 0 amide bonds. The van der Waals surface area contributed by atoms with E-state index in [0.29, 0.717) is 6.04 Å². The summed E-state index contributed by atoms with van der Waals surface area (Å²) in [6.45, 7) is 6.44. The molecule has 0 radical (unpaired) electrons. The minimum absolute atomic E-state index is 0.564. The van der Waals surface area contributed by atoms with Crippen molar-refractivity contribution in [2.24, 2.45) is 0 Å². The molecule has 2 aliphatic heterocycles. The Hall–Kier alpha value is -2.17. The fourth-order valence-electron chi connectivity index (χ4n) is 4.39. The van der Waals surface area contributed by atoms with Gasteiger partial charge in [-0.1, -0.05) is 34.1 Å². The van der Waals surface area contributed by atoms with E-state index in [1.165, 1.54) is 41.7 Å². The Kier molecular flexibility index (Phi) is 6.02. The molecule has 29 heavy (non-hydrogen) atoms. The van der Waals surface area contributed by atoms with E-state index in [1.54, 1.807) is 0 Å². The lowest BCUT2D eigenvalue weighted by Gasteiger charge is -2.31. The Balaban J connectivity index is 1.54. The van der Waals surface area contributed by atoms with Crippen molar-refractivity contribution in [1.82, 2.24) is 9.88 Å². The maximum atomic E-state index is 4.81. The molecule has 2 aromatic rings. The molecule has 0 spiro atoms. The SMILES string of the molecule is C/C=C(/c1ccc(Br)cc1)c1ccc(N2C=CC(C)=C([C@@H]3CCCN3C)C2)nc1. The van der Waals surface area contributed by atoms with E-state index in [9.17, 15) is 0 Å². The zero-order valence-corrected chi connectivity index (χ0v) is 19.0. The third-order valence-corrected chi connectivity index (χ3v) is 6.60. The Bertz CT molecular complexity index is 955. The number of halogens is 1. The number of likely N-dealkylation sites (N-methyl/N-ethyl adjacent to an activating group) is 1. The summed E-state index contributed by atoms with van der Waals surface area (Å²) in [6, 6.07) is 13.3. The number of rotatable bonds is 4. The van der Waals surface area contributed by atoms with Crippen LogP contribution in [0.4, 0.5) is 5.82 Å². The van der Waals surface area contributed by atoms with Gasteiger partial charge >= 0.3 is 0 Å². The molecule has 1 aromatic heterocycles. The van der Waals surface area contributed by atoms with Crippen LogP contribution in [-0.4, -0.2) is 36.1 Å². The molecule has 0 N–H and O–H groups in total. The minimum Gasteiger partial charge on any atom is -0.329 e. The monoisotopic (exact) mass is 449 g/mol. The maximum absolute atomic E-state index is 4.81. The Morgan fingerprint density at radius 3 is 2.52 bits per heavy atom. The average Bonchev–Trinajstić information content (AvgIpc) is 3.16. The predicted octanol–water partition coefficient (Wildman–Crippen LogP) is 6.04. The predicted molar refractivity (Wildman–Crippen MR) is 126 cm³/mol. The first-order valence-corrected chi connectivity index (χ1v) is 11.1. The summed E-state index contributed by atoms with van der Waals surface area (Å²) in [5.74, 6) is 1.00. The number of hydrogen-bond acceptors (Lipinski definition) is 3. The van der Waals surface area contributed by atoms with Crippen LogP contribution in [0, 0.1) is 0 Å². The first-order valence-electron chi connectivity index (χ1n) is 10.3. The van der Waals surface area contributed by atoms with Crippen LogP contribution in [0.5, 0.6) is 0 Å². The summed E-state index contributed by atoms with van der Waals surface area (Å²) in [5.41, 5.74) is 6.48. The molecule has 4 heteroatoms. The molecular weight excluding hydrogens is 422 g/mol. The highest BCUT2D eigenvalue weighted by Gasteiger charge is 2.28. The quantitative estimate of drug-likeness (QED) is 0.566. The first-order chi connectivity index (χ1) is 14.1. The van der Waals surface area contributed by atoms with E-state index >= 15 is 0 Å². The van der Waals surface area contributed by atoms with Gasteiger partial charge in [0.05, 0.1) is 0 Å². The zero-order chi connectivity index (χ0) is 20.4. The van der Waals surface area contributed by atoms with Crippen molar-refractivity contribution in [1.29, 1.82) is 0 Å². The molecule has 1 fully saturated rings. The summed E-state index contributed by atoms with van der Waals surface area (Å²) in [4.78, 5) is 9.57. The van der Waals surface area contributed by atoms with Gasteiger partial charge in [0.15, 0.2) is 0 Å². The lowest BCUT2D eigenvalue weighted by molar-refractivity contribution is 0.341. The van der Waals surface area contributed by atoms with Crippen LogP contribution in [0.2, 0.25) is 0 Å². The minimum atomic E-state index is 0.564. The Morgan fingerprint density at radius 2 is 1.90 bits per heavy atom. The number of benzene rings is 1. The molecule has 150 valence electrons. The molecule has 1 atom stereocenters. The van der Waals surface area contributed by atoms with Gasteiger partial charge in [0.1, 0.15) is 5.82 Å². The molecule has 3 heterocycles. The van der Waals surface area contributed by atoms with Gasteiger partial charge in [-0.05, 0) is 92.9 Å². The van der Waals surface area contributed by atoms with Crippen molar-refractivity contribution >= 4 is 27.3 Å². The number of nitrogens with zero attached hydrogens (tertiary/aromatic N) is 3. The van der Waals surface area contributed by atoms with Crippen molar-refractivity contribution in [3.63, 3.8) is 0 Å². The molecule has 0 aliphatic carbocycles. The fourth-order valence-corrected chi connectivity index (χ4v) is 4.65. The number of pyridine rings is 1. The summed E-state index contributed by atoms with van der Waals surface area (Å²) < 4.78 is 1.09. The highest BCUT2D eigenvalue weighted by atomic mass is 79.9. The number of hydrogen-bond donors (Lipinski definition) is 0. The number of anilines is 1. The second kappa shape index (κ2) is 8.68. The van der Waals surface area contributed by atoms with Crippen LogP contribution < -0.4 is 4.90 Å². The summed E-state index contributed by atoms with van der Waals surface area (Å²) in [7, 11) is 2.24. The molecule has 0 saturated carbocycles. The van der Waals surface area contributed by atoms with E-state index in [1.807, 2.05) is 6.20 Å². The van der Waals surface area contributed by atoms with Gasteiger partial charge in [-0.3, -0.25) is 4.90 Å². The second-order valence-corrected chi connectivity index (χ2v) is 8.82. The number of aromatic nitrogens is 1. The number of likely N-dealkylation sites (tertiary alicyclic amines) is 1. The van der Waals surface area contributed by atoms with Crippen LogP contribution in [0.25, 0.3) is 5.57 Å². The molecule has 1 saturated heterocycles. The van der Waals surface area contributed by atoms with E-state index in [-0.39, 0.29) is 0 Å². The zero-order valence-electron chi connectivity index (χ0n) is 17.4. The lowest BCUT2D eigenvalue weighted by Crippen LogP contribution is -2.35. The van der Waals surface area contributed by atoms with Gasteiger partial charge in [0.2, 0.25) is 0 Å². The molecule has 2 aliphatic rings. The van der Waals surface area contributed by atoms with Crippen molar-refractivity contribution in [3.8, 4) is 0 Å². The Morgan fingerprint density at radius 1 is 1.14 bits per heavy atom. The second-order valence-electron chi connectivity index (χ2n) is 7.90. The summed E-state index contributed by atoms with van der Waals surface area (Å²) >= 11 is 3.51. The van der Waals surface area contributed by atoms with Gasteiger partial charge in [0.25, 0.3) is 0 Å². The van der Waals surface area contributed by atoms with Gasteiger partial charge in [-0.2, -0.15) is 0 Å². The standard InChI is InChI=1S/C25H28BrN3/c1-4-22(19-7-10-21(26)11-8-19)20-9-12-25(27-16-20)29-15-13-18(2)23(17-29)24-6-5-14-28(24)3/h4,7-13,15-16,24H,5-6,14,17H2,1-3H3/b22-4-/t24-/m0/s1. The van der Waals surface area contributed by atoms with Crippen molar-refractivity contribution < 1.29 is 0 Å². The number of allylic oxidation sites excluding steroid dienone is 3. The van der Waals surface area contributed by atoms with E-state index < -0.39 is 0 Å². The van der Waals surface area contributed by atoms with Gasteiger partial charge in [-0.25, -0.2) is 4.98 Å². The third-order valence-electron chi connectivity index (χ3n) is 6.07. The van der Waals surface area contributed by atoms with E-state index in [2.05, 4.69) is 101 Å². The van der Waals surface area contributed by atoms with Crippen molar-refractivity contribution in [2.75, 3.05) is 25.0 Å². The van der Waals surface area contributed by atoms with Crippen molar-refractivity contribution in [2.45, 2.75) is 32.7 Å². The molecule has 1 aromatic carbocycles. The highest BCUT2D eigenvalue weighted by Crippen LogP contribution is 2.30. The van der Waals surface area contributed by atoms with Crippen LogP contribution in [0.15, 0.2) is 76.6 Å². The molecule has 4 rings (SSSR count). The van der Waals surface area contributed by atoms with Gasteiger partial charge in [-0.15, -0.1) is 0 Å². The van der Waals surface area contributed by atoms with Crippen LogP contribution in [0.1, 0.15) is 37.8 Å².